The quantitative estimate of drug-likeness (QED) is 0.789. The molecule has 0 atom stereocenters. The van der Waals surface area contributed by atoms with Crippen molar-refractivity contribution in [2.24, 2.45) is 0 Å². The van der Waals surface area contributed by atoms with Crippen LogP contribution in [0.25, 0.3) is 5.57 Å². The number of aliphatic hydroxyl groups is 1. The number of anilines is 1. The molecule has 0 saturated carbocycles. The van der Waals surface area contributed by atoms with Gasteiger partial charge in [-0.15, -0.1) is 11.8 Å². The van der Waals surface area contributed by atoms with Crippen LogP contribution in [0.3, 0.4) is 0 Å². The van der Waals surface area contributed by atoms with E-state index < -0.39 is 0 Å². The average molecular weight is 367 g/mol. The Labute approximate surface area is 157 Å². The first kappa shape index (κ1) is 18.4. The maximum atomic E-state index is 13.1. The zero-order valence-corrected chi connectivity index (χ0v) is 15.6. The van der Waals surface area contributed by atoms with Crippen LogP contribution in [-0.4, -0.2) is 29.3 Å². The van der Waals surface area contributed by atoms with Crippen molar-refractivity contribution in [1.82, 2.24) is 0 Å². The molecular weight excluding hydrogens is 346 g/mol. The first-order valence-corrected chi connectivity index (χ1v) is 9.55. The summed E-state index contributed by atoms with van der Waals surface area (Å²) in [6.45, 7) is 4.14. The number of amides is 2. The van der Waals surface area contributed by atoms with Gasteiger partial charge in [0.15, 0.2) is 0 Å². The Bertz CT molecular complexity index is 841. The van der Waals surface area contributed by atoms with Crippen molar-refractivity contribution in [3.8, 4) is 0 Å². The predicted octanol–water partition coefficient (Wildman–Crippen LogP) is 3.82. The summed E-state index contributed by atoms with van der Waals surface area (Å²) in [5.41, 5.74) is 2.84. The number of carbonyl (C=O) groups excluding carboxylic acids is 2. The van der Waals surface area contributed by atoms with Gasteiger partial charge in [-0.25, -0.2) is 4.90 Å². The van der Waals surface area contributed by atoms with Crippen LogP contribution in [0.4, 0.5) is 5.69 Å². The van der Waals surface area contributed by atoms with Crippen molar-refractivity contribution in [1.29, 1.82) is 0 Å². The summed E-state index contributed by atoms with van der Waals surface area (Å²) in [4.78, 5) is 27.7. The lowest BCUT2D eigenvalue weighted by Gasteiger charge is -2.16. The van der Waals surface area contributed by atoms with Gasteiger partial charge in [0.1, 0.15) is 0 Å². The fourth-order valence-corrected chi connectivity index (χ4v) is 3.75. The summed E-state index contributed by atoms with van der Waals surface area (Å²) in [6.07, 6.45) is 0. The monoisotopic (exact) mass is 367 g/mol. The molecule has 0 spiro atoms. The third kappa shape index (κ3) is 3.45. The molecule has 0 saturated heterocycles. The number of hydrogen-bond donors (Lipinski definition) is 1. The standard InChI is InChI=1S/C21H21NO3S/c1-14(2)15-8-10-17(11-9-15)22-20(24)18(16-6-4-3-5-7-16)19(21(22)25)26-13-12-23/h3-11,14,23H,12-13H2,1-2H3. The lowest BCUT2D eigenvalue weighted by Crippen LogP contribution is -2.31. The van der Waals surface area contributed by atoms with Gasteiger partial charge in [0.25, 0.3) is 11.8 Å². The van der Waals surface area contributed by atoms with Gasteiger partial charge in [-0.2, -0.15) is 0 Å². The van der Waals surface area contributed by atoms with E-state index in [1.807, 2.05) is 54.6 Å². The second kappa shape index (κ2) is 7.89. The smallest absolute Gasteiger partial charge is 0.272 e. The van der Waals surface area contributed by atoms with Crippen molar-refractivity contribution in [3.05, 3.63) is 70.6 Å². The summed E-state index contributed by atoms with van der Waals surface area (Å²) in [7, 11) is 0. The van der Waals surface area contributed by atoms with Crippen molar-refractivity contribution < 1.29 is 14.7 Å². The zero-order chi connectivity index (χ0) is 18.7. The van der Waals surface area contributed by atoms with Gasteiger partial charge in [0.2, 0.25) is 0 Å². The Morgan fingerprint density at radius 2 is 1.62 bits per heavy atom. The Kier molecular flexibility index (Phi) is 5.59. The largest absolute Gasteiger partial charge is 0.396 e. The Morgan fingerprint density at radius 1 is 0.962 bits per heavy atom. The van der Waals surface area contributed by atoms with E-state index in [-0.39, 0.29) is 18.4 Å². The van der Waals surface area contributed by atoms with E-state index in [0.29, 0.717) is 33.4 Å². The molecule has 0 bridgehead atoms. The molecule has 5 heteroatoms. The number of aliphatic hydroxyl groups excluding tert-OH is 1. The Morgan fingerprint density at radius 3 is 2.19 bits per heavy atom. The first-order chi connectivity index (χ1) is 12.5. The van der Waals surface area contributed by atoms with Crippen molar-refractivity contribution >= 4 is 34.8 Å². The molecule has 1 heterocycles. The molecule has 0 radical (unpaired) electrons. The fourth-order valence-electron chi connectivity index (χ4n) is 2.89. The predicted molar refractivity (Wildman–Crippen MR) is 106 cm³/mol. The van der Waals surface area contributed by atoms with E-state index in [1.54, 1.807) is 0 Å². The van der Waals surface area contributed by atoms with Gasteiger partial charge in [-0.05, 0) is 29.2 Å². The minimum atomic E-state index is -0.329. The maximum absolute atomic E-state index is 13.1. The third-order valence-electron chi connectivity index (χ3n) is 4.26. The van der Waals surface area contributed by atoms with E-state index in [4.69, 9.17) is 5.11 Å². The van der Waals surface area contributed by atoms with Crippen LogP contribution < -0.4 is 4.90 Å². The third-order valence-corrected chi connectivity index (χ3v) is 5.31. The van der Waals surface area contributed by atoms with Crippen LogP contribution in [0, 0.1) is 0 Å². The lowest BCUT2D eigenvalue weighted by molar-refractivity contribution is -0.119. The van der Waals surface area contributed by atoms with E-state index in [9.17, 15) is 9.59 Å². The Hall–Kier alpha value is -2.37. The van der Waals surface area contributed by atoms with Crippen LogP contribution in [-0.2, 0) is 9.59 Å². The molecule has 1 aliphatic heterocycles. The molecule has 26 heavy (non-hydrogen) atoms. The first-order valence-electron chi connectivity index (χ1n) is 8.56. The number of benzene rings is 2. The topological polar surface area (TPSA) is 57.6 Å². The molecule has 1 aliphatic rings. The summed E-state index contributed by atoms with van der Waals surface area (Å²) < 4.78 is 0. The van der Waals surface area contributed by atoms with Crippen molar-refractivity contribution in [2.75, 3.05) is 17.3 Å². The molecular formula is C21H21NO3S. The normalized spacial score (nSPS) is 14.7. The molecule has 3 rings (SSSR count). The number of hydrogen-bond acceptors (Lipinski definition) is 4. The van der Waals surface area contributed by atoms with E-state index in [0.717, 1.165) is 5.56 Å². The highest BCUT2D eigenvalue weighted by molar-refractivity contribution is 8.04. The molecule has 4 nitrogen and oxygen atoms in total. The number of thioether (sulfide) groups is 1. The minimum absolute atomic E-state index is 0.0548. The van der Waals surface area contributed by atoms with Gasteiger partial charge in [-0.1, -0.05) is 56.3 Å². The number of carbonyl (C=O) groups is 2. The molecule has 2 amide bonds. The van der Waals surface area contributed by atoms with Gasteiger partial charge in [-0.3, -0.25) is 9.59 Å². The van der Waals surface area contributed by atoms with Crippen molar-refractivity contribution in [3.63, 3.8) is 0 Å². The molecule has 1 N–H and O–H groups in total. The lowest BCUT2D eigenvalue weighted by atomic mass is 10.0. The van der Waals surface area contributed by atoms with Crippen molar-refractivity contribution in [2.45, 2.75) is 19.8 Å². The van der Waals surface area contributed by atoms with Crippen LogP contribution >= 0.6 is 11.8 Å². The van der Waals surface area contributed by atoms with E-state index in [1.165, 1.54) is 16.7 Å². The van der Waals surface area contributed by atoms with Crippen LogP contribution in [0.1, 0.15) is 30.9 Å². The average Bonchev–Trinajstić information content (AvgIpc) is 2.90. The highest BCUT2D eigenvalue weighted by atomic mass is 32.2. The van der Waals surface area contributed by atoms with Crippen LogP contribution in [0.15, 0.2) is 59.5 Å². The maximum Gasteiger partial charge on any atom is 0.272 e. The minimum Gasteiger partial charge on any atom is -0.396 e. The van der Waals surface area contributed by atoms with Gasteiger partial charge >= 0.3 is 0 Å². The highest BCUT2D eigenvalue weighted by Gasteiger charge is 2.40. The van der Waals surface area contributed by atoms with Gasteiger partial charge in [0, 0.05) is 5.75 Å². The zero-order valence-electron chi connectivity index (χ0n) is 14.8. The summed E-state index contributed by atoms with van der Waals surface area (Å²) >= 11 is 1.22. The second-order valence-corrected chi connectivity index (χ2v) is 7.44. The number of nitrogens with zero attached hydrogens (tertiary/aromatic N) is 1. The van der Waals surface area contributed by atoms with Crippen LogP contribution in [0.2, 0.25) is 0 Å². The van der Waals surface area contributed by atoms with Gasteiger partial charge in [0.05, 0.1) is 22.8 Å². The number of rotatable bonds is 6. The summed E-state index contributed by atoms with van der Waals surface area (Å²) in [5.74, 6) is 0.0939. The molecule has 0 aliphatic carbocycles. The molecule has 0 aromatic heterocycles. The molecule has 2 aromatic rings. The van der Waals surface area contributed by atoms with E-state index in [2.05, 4.69) is 13.8 Å². The summed E-state index contributed by atoms with van der Waals surface area (Å²) in [6, 6.07) is 16.7. The Balaban J connectivity index is 2.01. The van der Waals surface area contributed by atoms with Gasteiger partial charge < -0.3 is 5.11 Å². The molecule has 2 aromatic carbocycles. The number of imide groups is 1. The highest BCUT2D eigenvalue weighted by Crippen LogP contribution is 2.38. The fraction of sp³-hybridized carbons (Fsp3) is 0.238. The van der Waals surface area contributed by atoms with Crippen LogP contribution in [0.5, 0.6) is 0 Å². The molecule has 134 valence electrons. The molecule has 0 fully saturated rings. The SMILES string of the molecule is CC(C)c1ccc(N2C(=O)C(SCCO)=C(c3ccccc3)C2=O)cc1. The van der Waals surface area contributed by atoms with E-state index >= 15 is 0 Å². The second-order valence-electron chi connectivity index (χ2n) is 6.33. The summed E-state index contributed by atoms with van der Waals surface area (Å²) in [5, 5.41) is 9.15. The molecule has 0 unspecified atom stereocenters.